The number of carbonyl (C=O) groups excluding carboxylic acids is 8. The summed E-state index contributed by atoms with van der Waals surface area (Å²) < 4.78 is 5.39. The summed E-state index contributed by atoms with van der Waals surface area (Å²) in [6.45, 7) is 3.39. The number of hydrogen-bond donors (Lipinski definition) is 12. The van der Waals surface area contributed by atoms with Crippen molar-refractivity contribution in [1.29, 1.82) is 0 Å². The SMILES string of the molecule is CC(=O)OC(C)[C@@H]1NC(=O)[C@H](CCCCN)NC(=O)[C@@H](Cc2c[nH]c3ccccc23)NC(=O)[C@H](Cc2ccccc2)NC(=O)[C@@H](NC(=O)[C@H](N)Cc2ccccc2)CSSC[C@@H](C(=O)N[C@H](CO)[C@@H](C)O)NC1=O. The molecule has 0 aliphatic carbocycles. The van der Waals surface area contributed by atoms with Gasteiger partial charge in [0.25, 0.3) is 0 Å². The van der Waals surface area contributed by atoms with Crippen molar-refractivity contribution in [3.63, 3.8) is 0 Å². The third-order valence-corrected chi connectivity index (χ3v) is 14.6. The largest absolute Gasteiger partial charge is 0.460 e. The molecule has 74 heavy (non-hydrogen) atoms. The Labute approximate surface area is 437 Å². The number of aliphatic hydroxyl groups excluding tert-OH is 2. The molecule has 14 N–H and O–H groups in total. The van der Waals surface area contributed by atoms with Gasteiger partial charge in [-0.05, 0) is 68.8 Å². The molecule has 23 heteroatoms. The van der Waals surface area contributed by atoms with Crippen LogP contribution >= 0.6 is 21.6 Å². The highest BCUT2D eigenvalue weighted by Gasteiger charge is 2.37. The highest BCUT2D eigenvalue weighted by atomic mass is 33.1. The van der Waals surface area contributed by atoms with Crippen molar-refractivity contribution < 1.29 is 53.3 Å². The Morgan fingerprint density at radius 1 is 0.743 bits per heavy atom. The molecule has 1 fully saturated rings. The van der Waals surface area contributed by atoms with Crippen LogP contribution in [0.4, 0.5) is 0 Å². The second kappa shape index (κ2) is 29.4. The number of amides is 7. The molecule has 0 spiro atoms. The number of aliphatic hydroxyl groups is 2. The fourth-order valence-electron chi connectivity index (χ4n) is 8.05. The Morgan fingerprint density at radius 2 is 1.34 bits per heavy atom. The van der Waals surface area contributed by atoms with E-state index in [2.05, 4.69) is 42.2 Å². The number of para-hydroxylation sites is 1. The number of carbonyl (C=O) groups is 8. The molecule has 400 valence electrons. The van der Waals surface area contributed by atoms with Crippen LogP contribution < -0.4 is 48.7 Å². The summed E-state index contributed by atoms with van der Waals surface area (Å²) in [6, 6.07) is 14.4. The van der Waals surface area contributed by atoms with E-state index < -0.39 is 114 Å². The molecule has 0 radical (unpaired) electrons. The first-order valence-electron chi connectivity index (χ1n) is 24.4. The molecule has 3 aromatic carbocycles. The number of nitrogens with one attached hydrogen (secondary N) is 8. The molecule has 21 nitrogen and oxygen atoms in total. The monoisotopic (exact) mass is 1060 g/mol. The van der Waals surface area contributed by atoms with Crippen molar-refractivity contribution in [3.8, 4) is 0 Å². The number of aromatic amines is 1. The van der Waals surface area contributed by atoms with E-state index in [9.17, 15) is 48.6 Å². The summed E-state index contributed by atoms with van der Waals surface area (Å²) in [5, 5.41) is 39.9. The van der Waals surface area contributed by atoms with E-state index in [1.807, 2.05) is 30.3 Å². The Kier molecular flexibility index (Phi) is 23.2. The lowest BCUT2D eigenvalue weighted by molar-refractivity contribution is -0.150. The van der Waals surface area contributed by atoms with Gasteiger partial charge in [-0.2, -0.15) is 0 Å². The normalized spacial score (nSPS) is 22.3. The average Bonchev–Trinajstić information content (AvgIpc) is 3.78. The highest BCUT2D eigenvalue weighted by molar-refractivity contribution is 8.76. The Bertz CT molecular complexity index is 2520. The summed E-state index contributed by atoms with van der Waals surface area (Å²) in [7, 11) is 2.04. The van der Waals surface area contributed by atoms with Crippen molar-refractivity contribution in [3.05, 3.63) is 108 Å². The lowest BCUT2D eigenvalue weighted by Gasteiger charge is -2.30. The lowest BCUT2D eigenvalue weighted by atomic mass is 10.0. The minimum Gasteiger partial charge on any atom is -0.460 e. The zero-order chi connectivity index (χ0) is 53.7. The lowest BCUT2D eigenvalue weighted by Crippen LogP contribution is -2.62. The van der Waals surface area contributed by atoms with Crippen molar-refractivity contribution in [2.24, 2.45) is 11.5 Å². The number of esters is 1. The van der Waals surface area contributed by atoms with Gasteiger partial charge in [-0.25, -0.2) is 0 Å². The van der Waals surface area contributed by atoms with E-state index in [0.717, 1.165) is 45.0 Å². The van der Waals surface area contributed by atoms with Crippen LogP contribution in [0.15, 0.2) is 91.1 Å². The number of ether oxygens (including phenoxy) is 1. The number of benzene rings is 3. The maximum absolute atomic E-state index is 14.8. The molecular weight excluding hydrogens is 993 g/mol. The van der Waals surface area contributed by atoms with Crippen LogP contribution in [0.2, 0.25) is 0 Å². The second-order valence-electron chi connectivity index (χ2n) is 18.0. The zero-order valence-corrected chi connectivity index (χ0v) is 43.2. The number of aromatic nitrogens is 1. The Hall–Kier alpha value is -6.50. The third-order valence-electron chi connectivity index (χ3n) is 12.2. The summed E-state index contributed by atoms with van der Waals surface area (Å²) in [5.41, 5.74) is 15.0. The Morgan fingerprint density at radius 3 is 1.99 bits per heavy atom. The van der Waals surface area contributed by atoms with Gasteiger partial charge in [0.1, 0.15) is 42.4 Å². The van der Waals surface area contributed by atoms with Gasteiger partial charge in [-0.3, -0.25) is 38.4 Å². The van der Waals surface area contributed by atoms with E-state index in [-0.39, 0.29) is 43.7 Å². The molecule has 1 aliphatic heterocycles. The molecule has 1 unspecified atom stereocenters. The number of H-pyrrole nitrogens is 1. The van der Waals surface area contributed by atoms with Gasteiger partial charge >= 0.3 is 5.97 Å². The van der Waals surface area contributed by atoms with Gasteiger partial charge in [-0.15, -0.1) is 0 Å². The van der Waals surface area contributed by atoms with E-state index in [1.165, 1.54) is 13.8 Å². The maximum Gasteiger partial charge on any atom is 0.302 e. The first kappa shape index (κ1) is 58.4. The fourth-order valence-corrected chi connectivity index (χ4v) is 10.4. The van der Waals surface area contributed by atoms with Crippen LogP contribution in [0, 0.1) is 0 Å². The molecule has 1 aromatic heterocycles. The molecule has 1 aliphatic rings. The number of fused-ring (bicyclic) bond motifs is 1. The van der Waals surface area contributed by atoms with Crippen LogP contribution in [0.1, 0.15) is 56.7 Å². The smallest absolute Gasteiger partial charge is 0.302 e. The van der Waals surface area contributed by atoms with Crippen molar-refractivity contribution >= 4 is 79.8 Å². The average molecular weight is 1060 g/mol. The summed E-state index contributed by atoms with van der Waals surface area (Å²) in [4.78, 5) is 116. The summed E-state index contributed by atoms with van der Waals surface area (Å²) in [6.07, 6.45) is -0.102. The molecule has 2 heterocycles. The minimum absolute atomic E-state index is 0.00833. The predicted octanol–water partition coefficient (Wildman–Crippen LogP) is -0.235. The molecular formula is C51H68N10O11S2. The molecule has 7 amide bonds. The van der Waals surface area contributed by atoms with Crippen molar-refractivity contribution in [1.82, 2.24) is 42.2 Å². The maximum atomic E-state index is 14.8. The summed E-state index contributed by atoms with van der Waals surface area (Å²) in [5.74, 6) is -6.94. The molecule has 1 saturated heterocycles. The third kappa shape index (κ3) is 17.9. The van der Waals surface area contributed by atoms with Gasteiger partial charge in [0.05, 0.1) is 24.8 Å². The van der Waals surface area contributed by atoms with Crippen LogP contribution in [-0.4, -0.2) is 148 Å². The molecule has 0 bridgehead atoms. The quantitative estimate of drug-likeness (QED) is 0.0348. The molecule has 0 saturated carbocycles. The zero-order valence-electron chi connectivity index (χ0n) is 41.5. The van der Waals surface area contributed by atoms with E-state index in [4.69, 9.17) is 16.2 Å². The van der Waals surface area contributed by atoms with Crippen LogP contribution in [0.5, 0.6) is 0 Å². The topological polar surface area (TPSA) is 338 Å². The first-order chi connectivity index (χ1) is 35.5. The van der Waals surface area contributed by atoms with Gasteiger partial charge in [0.2, 0.25) is 41.4 Å². The van der Waals surface area contributed by atoms with E-state index in [0.29, 0.717) is 24.0 Å². The predicted molar refractivity (Wildman–Crippen MR) is 282 cm³/mol. The number of hydrogen-bond acceptors (Lipinski definition) is 15. The van der Waals surface area contributed by atoms with Crippen LogP contribution in [0.3, 0.4) is 0 Å². The van der Waals surface area contributed by atoms with Gasteiger partial charge in [0, 0.05) is 48.4 Å². The number of rotatable bonds is 18. The first-order valence-corrected chi connectivity index (χ1v) is 26.9. The fraction of sp³-hybridized carbons (Fsp3) is 0.451. The standard InChI is InChI=1S/C51H68N10O11S2/c1-29(63)41(26-62)58-50(70)43-28-74-73-27-42(59-45(65)36(53)22-32-14-6-4-7-15-32)49(69)56-39(23-33-16-8-5-9-17-33)47(67)57-40(24-34-25-54-37-19-11-10-18-35(34)37)48(68)55-38(20-12-13-21-52)46(66)61-44(51(71)60-43)30(2)72-31(3)64/h4-11,14-19,25,29-30,36,38-44,54,62-63H,12-13,20-24,26-28,52-53H2,1-3H3,(H,55,68)(H,56,69)(H,57,67)(H,58,70)(H,59,65)(H,60,71)(H,61,66)/t29-,30?,36-,38+,39+,40-,41-,42+,43+,44+/m1/s1. The van der Waals surface area contributed by atoms with Crippen LogP contribution in [-0.2, 0) is 62.4 Å². The van der Waals surface area contributed by atoms with Crippen molar-refractivity contribution in [2.45, 2.75) is 120 Å². The minimum atomic E-state index is -1.66. The van der Waals surface area contributed by atoms with E-state index in [1.54, 1.807) is 60.8 Å². The second-order valence-corrected chi connectivity index (χ2v) is 20.6. The van der Waals surface area contributed by atoms with Gasteiger partial charge in [-0.1, -0.05) is 100 Å². The van der Waals surface area contributed by atoms with Gasteiger partial charge < -0.3 is 68.6 Å². The van der Waals surface area contributed by atoms with Crippen LogP contribution in [0.25, 0.3) is 10.9 Å². The van der Waals surface area contributed by atoms with Gasteiger partial charge in [0.15, 0.2) is 0 Å². The summed E-state index contributed by atoms with van der Waals surface area (Å²) >= 11 is 0. The molecule has 5 rings (SSSR count). The molecule has 4 aromatic rings. The highest BCUT2D eigenvalue weighted by Crippen LogP contribution is 2.24. The number of unbranched alkanes of at least 4 members (excludes halogenated alkanes) is 1. The van der Waals surface area contributed by atoms with E-state index >= 15 is 0 Å². The Balaban J connectivity index is 1.60. The molecule has 10 atom stereocenters. The number of nitrogens with two attached hydrogens (primary N) is 2. The van der Waals surface area contributed by atoms with Crippen molar-refractivity contribution in [2.75, 3.05) is 24.7 Å².